The van der Waals surface area contributed by atoms with Gasteiger partial charge in [-0.3, -0.25) is 9.59 Å². The number of H-pyrrole nitrogens is 2. The average Bonchev–Trinajstić information content (AvgIpc) is 3.14. The second-order valence-electron chi connectivity index (χ2n) is 11.7. The molecule has 0 radical (unpaired) electrons. The first kappa shape index (κ1) is 45.0. The zero-order valence-electron chi connectivity index (χ0n) is 30.8. The average molecular weight is 823 g/mol. The highest BCUT2D eigenvalue weighted by Crippen LogP contribution is 2.26. The van der Waals surface area contributed by atoms with Gasteiger partial charge in [-0.05, 0) is 69.3 Å². The first-order valence-electron chi connectivity index (χ1n) is 16.5. The van der Waals surface area contributed by atoms with Gasteiger partial charge in [0.2, 0.25) is 15.0 Å². The van der Waals surface area contributed by atoms with Crippen LogP contribution in [0.3, 0.4) is 0 Å². The number of aliphatic hydroxyl groups is 2. The van der Waals surface area contributed by atoms with Gasteiger partial charge in [0.05, 0.1) is 12.2 Å². The quantitative estimate of drug-likeness (QED) is 0.0739. The summed E-state index contributed by atoms with van der Waals surface area (Å²) >= 11 is 1.34. The van der Waals surface area contributed by atoms with E-state index >= 15 is 0 Å². The van der Waals surface area contributed by atoms with Crippen LogP contribution in [-0.2, 0) is 9.84 Å². The Morgan fingerprint density at radius 1 is 0.714 bits per heavy atom. The van der Waals surface area contributed by atoms with E-state index in [9.17, 15) is 35.6 Å². The molecule has 0 bridgehead atoms. The third kappa shape index (κ3) is 13.4. The number of hydrogen-bond acceptors (Lipinski definition) is 13. The fourth-order valence-corrected chi connectivity index (χ4v) is 4.54. The van der Waals surface area contributed by atoms with Crippen LogP contribution in [0.4, 0.5) is 17.6 Å². The largest absolute Gasteiger partial charge is 0.448 e. The monoisotopic (exact) mass is 822 g/mol. The van der Waals surface area contributed by atoms with Gasteiger partial charge >= 0.3 is 0 Å². The molecule has 0 amide bonds. The second-order valence-corrected chi connectivity index (χ2v) is 14.4. The van der Waals surface area contributed by atoms with E-state index in [0.717, 1.165) is 43.4 Å². The Hall–Kier alpha value is -5.44. The minimum atomic E-state index is -3.64. The summed E-state index contributed by atoms with van der Waals surface area (Å²) in [6.07, 6.45) is 6.94. The molecule has 0 saturated heterocycles. The minimum absolute atomic E-state index is 0.0117. The fourth-order valence-electron chi connectivity index (χ4n) is 3.69. The lowest BCUT2D eigenvalue weighted by Crippen LogP contribution is -2.11. The minimum Gasteiger partial charge on any atom is -0.448 e. The highest BCUT2D eigenvalue weighted by molar-refractivity contribution is 7.98. The summed E-state index contributed by atoms with van der Waals surface area (Å²) in [6.45, 7) is 7.45. The number of pyridine rings is 2. The molecule has 0 spiro atoms. The number of nitrogens with zero attached hydrogens (tertiary/aromatic N) is 4. The maximum absolute atomic E-state index is 13.6. The Bertz CT molecular complexity index is 2500. The molecule has 4 aromatic heterocycles. The number of nitrogens with one attached hydrogen (secondary N) is 2. The van der Waals surface area contributed by atoms with Crippen LogP contribution in [-0.4, -0.2) is 73.3 Å². The molecule has 4 N–H and O–H groups in total. The highest BCUT2D eigenvalue weighted by atomic mass is 32.2. The van der Waals surface area contributed by atoms with Gasteiger partial charge < -0.3 is 29.7 Å². The Kier molecular flexibility index (Phi) is 16.4. The molecule has 2 aromatic carbocycles. The van der Waals surface area contributed by atoms with Crippen LogP contribution in [0.15, 0.2) is 80.8 Å². The van der Waals surface area contributed by atoms with Crippen molar-refractivity contribution in [1.29, 1.82) is 0 Å². The number of benzene rings is 2. The smallest absolute Gasteiger partial charge is 0.292 e. The van der Waals surface area contributed by atoms with Crippen LogP contribution in [0.2, 0.25) is 0 Å². The van der Waals surface area contributed by atoms with Gasteiger partial charge in [-0.25, -0.2) is 45.9 Å². The SMILES string of the molecule is CC[C@H](C)O.CC[C@H](C)O.CS(=O)(=O)c1ncc2cc(Oc3ccc(F)cc3F)c(=O)[nH]c2n1.CSc1ncc2cc(Oc3ccc(F)cc3F)c(=O)[nH]c2n1. The van der Waals surface area contributed by atoms with E-state index in [4.69, 9.17) is 19.7 Å². The van der Waals surface area contributed by atoms with Gasteiger partial charge in [0.1, 0.15) is 22.9 Å². The molecular formula is C36H38F4N6O8S2. The van der Waals surface area contributed by atoms with Crippen LogP contribution >= 0.6 is 11.8 Å². The lowest BCUT2D eigenvalue weighted by molar-refractivity contribution is 0.190. The molecule has 6 aromatic rings. The van der Waals surface area contributed by atoms with Crippen molar-refractivity contribution in [3.63, 3.8) is 0 Å². The molecule has 2 atom stereocenters. The summed E-state index contributed by atoms with van der Waals surface area (Å²) in [6, 6.07) is 8.10. The third-order valence-electron chi connectivity index (χ3n) is 7.00. The number of thioether (sulfide) groups is 1. The van der Waals surface area contributed by atoms with Crippen molar-refractivity contribution in [3.05, 3.63) is 105 Å². The topological polar surface area (TPSA) is 210 Å². The van der Waals surface area contributed by atoms with Crippen molar-refractivity contribution in [1.82, 2.24) is 29.9 Å². The van der Waals surface area contributed by atoms with E-state index < -0.39 is 49.4 Å². The molecule has 0 aliphatic rings. The molecule has 0 aliphatic carbocycles. The normalized spacial score (nSPS) is 11.9. The van der Waals surface area contributed by atoms with Crippen molar-refractivity contribution >= 4 is 43.7 Å². The Morgan fingerprint density at radius 2 is 1.12 bits per heavy atom. The summed E-state index contributed by atoms with van der Waals surface area (Å²) in [5, 5.41) is 17.6. The molecule has 14 nitrogen and oxygen atoms in total. The number of hydrogen-bond donors (Lipinski definition) is 4. The van der Waals surface area contributed by atoms with Crippen molar-refractivity contribution in [2.45, 2.75) is 63.1 Å². The van der Waals surface area contributed by atoms with Crippen LogP contribution in [0.25, 0.3) is 22.1 Å². The van der Waals surface area contributed by atoms with E-state index in [0.29, 0.717) is 28.3 Å². The van der Waals surface area contributed by atoms with E-state index in [2.05, 4.69) is 29.9 Å². The molecule has 0 fully saturated rings. The van der Waals surface area contributed by atoms with Gasteiger partial charge in [0, 0.05) is 41.6 Å². The Morgan fingerprint density at radius 3 is 1.50 bits per heavy atom. The van der Waals surface area contributed by atoms with Crippen LogP contribution < -0.4 is 20.6 Å². The first-order chi connectivity index (χ1) is 26.3. The number of aromatic nitrogens is 6. The number of fused-ring (bicyclic) bond motifs is 2. The zero-order valence-corrected chi connectivity index (χ0v) is 32.4. The molecule has 20 heteroatoms. The van der Waals surface area contributed by atoms with Crippen molar-refractivity contribution in [3.8, 4) is 23.0 Å². The van der Waals surface area contributed by atoms with Gasteiger partial charge in [0.25, 0.3) is 11.1 Å². The zero-order chi connectivity index (χ0) is 41.7. The van der Waals surface area contributed by atoms with Gasteiger partial charge in [-0.15, -0.1) is 0 Å². The van der Waals surface area contributed by atoms with E-state index in [-0.39, 0.29) is 46.2 Å². The molecule has 300 valence electrons. The van der Waals surface area contributed by atoms with Crippen molar-refractivity contribution in [2.24, 2.45) is 0 Å². The summed E-state index contributed by atoms with van der Waals surface area (Å²) < 4.78 is 86.1. The number of aliphatic hydroxyl groups excluding tert-OH is 2. The van der Waals surface area contributed by atoms with Crippen molar-refractivity contribution in [2.75, 3.05) is 12.5 Å². The number of rotatable bonds is 8. The molecule has 0 aliphatic heterocycles. The van der Waals surface area contributed by atoms with Crippen molar-refractivity contribution < 1.29 is 45.7 Å². The van der Waals surface area contributed by atoms with E-state index in [1.54, 1.807) is 13.8 Å². The third-order valence-corrected chi connectivity index (χ3v) is 8.42. The molecular weight excluding hydrogens is 785 g/mol. The van der Waals surface area contributed by atoms with Gasteiger partial charge in [-0.2, -0.15) is 0 Å². The predicted molar refractivity (Wildman–Crippen MR) is 202 cm³/mol. The number of ether oxygens (including phenoxy) is 2. The van der Waals surface area contributed by atoms with Gasteiger partial charge in [-0.1, -0.05) is 25.6 Å². The summed E-state index contributed by atoms with van der Waals surface area (Å²) in [5.41, 5.74) is -0.981. The summed E-state index contributed by atoms with van der Waals surface area (Å²) in [7, 11) is -3.64. The number of aromatic amines is 2. The van der Waals surface area contributed by atoms with E-state index in [1.165, 1.54) is 36.3 Å². The summed E-state index contributed by atoms with van der Waals surface area (Å²) in [4.78, 5) is 44.5. The Balaban J connectivity index is 0.000000243. The lowest BCUT2D eigenvalue weighted by atomic mass is 10.3. The maximum Gasteiger partial charge on any atom is 0.292 e. The fraction of sp³-hybridized carbons (Fsp3) is 0.278. The van der Waals surface area contributed by atoms with Crippen LogP contribution in [0.5, 0.6) is 23.0 Å². The lowest BCUT2D eigenvalue weighted by Gasteiger charge is -2.07. The van der Waals surface area contributed by atoms with Crippen LogP contribution in [0.1, 0.15) is 40.5 Å². The van der Waals surface area contributed by atoms with Gasteiger partial charge in [0.15, 0.2) is 39.8 Å². The second kappa shape index (κ2) is 20.5. The molecule has 4 heterocycles. The first-order valence-corrected chi connectivity index (χ1v) is 19.6. The maximum atomic E-state index is 13.6. The highest BCUT2D eigenvalue weighted by Gasteiger charge is 2.15. The molecule has 0 saturated carbocycles. The molecule has 56 heavy (non-hydrogen) atoms. The number of halogens is 4. The molecule has 0 unspecified atom stereocenters. The molecule has 6 rings (SSSR count). The standard InChI is InChI=1S/C14H9F2N3O4S.C14H9F2N3O2S.2C4H10O/c1-24(21,22)14-17-6-7-4-11(13(20)18-12(7)19-14)23-10-3-2-8(15)5-9(10)16;1-22-14-17-6-7-4-11(13(20)18-12(7)19-14)21-10-3-2-8(15)5-9(10)16;2*1-3-4(2)5/h2-6H,1H3,(H,17,18,19,20);2-6H,1H3,(H,17,18,19,20);2*4-5H,3H2,1-2H3/t;;2*4-/m..00/s1. The predicted octanol–water partition coefficient (Wildman–Crippen LogP) is 6.46. The number of sulfone groups is 1. The summed E-state index contributed by atoms with van der Waals surface area (Å²) in [5.74, 6) is -4.36. The van der Waals surface area contributed by atoms with E-state index in [1.807, 2.05) is 20.1 Å². The van der Waals surface area contributed by atoms with Crippen LogP contribution in [0, 0.1) is 23.3 Å². The Labute approximate surface area is 322 Å².